The van der Waals surface area contributed by atoms with Gasteiger partial charge in [0.05, 0.1) is 39.6 Å². The number of ether oxygens (including phenoxy) is 4. The van der Waals surface area contributed by atoms with E-state index in [2.05, 4.69) is 135 Å². The molecule has 0 amide bonds. The van der Waals surface area contributed by atoms with Gasteiger partial charge >= 0.3 is 0 Å². The summed E-state index contributed by atoms with van der Waals surface area (Å²) in [6.07, 6.45) is 17.8. The molecule has 0 bridgehead atoms. The van der Waals surface area contributed by atoms with Gasteiger partial charge in [0, 0.05) is 55.3 Å². The summed E-state index contributed by atoms with van der Waals surface area (Å²) in [5.41, 5.74) is 10.3. The number of hydrogen-bond donors (Lipinski definition) is 0. The summed E-state index contributed by atoms with van der Waals surface area (Å²) in [6, 6.07) is 36.0. The molecule has 0 N–H and O–H groups in total. The molecule has 0 atom stereocenters. The Balaban J connectivity index is 1.00. The molecule has 6 aromatic rings. The summed E-state index contributed by atoms with van der Waals surface area (Å²) >= 11 is 5.74. The van der Waals surface area contributed by atoms with Gasteiger partial charge in [-0.25, -0.2) is 0 Å². The van der Waals surface area contributed by atoms with Crippen LogP contribution in [0.5, 0.6) is 0 Å². The van der Waals surface area contributed by atoms with Crippen LogP contribution in [0.1, 0.15) is 96.5 Å². The van der Waals surface area contributed by atoms with Crippen molar-refractivity contribution in [3.8, 4) is 30.6 Å². The van der Waals surface area contributed by atoms with Crippen LogP contribution in [0.3, 0.4) is 0 Å². The molecule has 7 heteroatoms. The fraction of sp³-hybridized carbons (Fsp3) is 0.370. The van der Waals surface area contributed by atoms with Gasteiger partial charge in [-0.3, -0.25) is 0 Å². The SMILES string of the molecule is CCCCc1cc(-c2ccc(C=Cc3ccc(C=Cc4ccc(-c5ccc(-c6cc(CCCC)c(CCOCCOCC)s6)s5)cc4)cc3)cc2)sc1CCOCCOCC. The van der Waals surface area contributed by atoms with Crippen LogP contribution in [-0.2, 0) is 44.6 Å². The summed E-state index contributed by atoms with van der Waals surface area (Å²) in [4.78, 5) is 8.27. The number of thiophene rings is 3. The van der Waals surface area contributed by atoms with E-state index in [9.17, 15) is 0 Å². The van der Waals surface area contributed by atoms with E-state index in [1.54, 1.807) is 0 Å². The van der Waals surface area contributed by atoms with E-state index in [0.29, 0.717) is 26.4 Å². The van der Waals surface area contributed by atoms with Gasteiger partial charge in [0.25, 0.3) is 0 Å². The zero-order valence-electron chi connectivity index (χ0n) is 36.7. The Morgan fingerprint density at radius 1 is 0.377 bits per heavy atom. The third kappa shape index (κ3) is 14.9. The Hall–Kier alpha value is -3.92. The number of aryl methyl sites for hydroxylation is 2. The molecule has 0 saturated heterocycles. The molecule has 61 heavy (non-hydrogen) atoms. The highest BCUT2D eigenvalue weighted by atomic mass is 32.1. The number of rotatable bonds is 27. The van der Waals surface area contributed by atoms with Crippen molar-refractivity contribution in [2.24, 2.45) is 0 Å². The third-order valence-electron chi connectivity index (χ3n) is 10.6. The molecule has 4 nitrogen and oxygen atoms in total. The number of hydrogen-bond acceptors (Lipinski definition) is 7. The largest absolute Gasteiger partial charge is 0.379 e. The maximum absolute atomic E-state index is 5.86. The standard InChI is InChI=1S/C54H64O4S3/c1-5-9-11-47-39-53(60-50(47)31-33-57-37-35-55-7-3)46-27-23-44(24-28-46)20-18-42-15-13-41(14-16-42)17-19-43-21-25-45(26-22-43)49-29-30-52(59-49)54-40-48(12-10-6-2)51(61-54)32-34-58-38-36-56-8-4/h13-30,39-40H,5-12,31-38H2,1-4H3. The zero-order valence-corrected chi connectivity index (χ0v) is 39.2. The molecule has 3 heterocycles. The fourth-order valence-corrected chi connectivity index (χ4v) is 10.6. The Kier molecular flexibility index (Phi) is 19.8. The van der Waals surface area contributed by atoms with Crippen molar-refractivity contribution in [2.75, 3.05) is 52.9 Å². The lowest BCUT2D eigenvalue weighted by molar-refractivity contribution is 0.0542. The predicted octanol–water partition coefficient (Wildman–Crippen LogP) is 15.1. The van der Waals surface area contributed by atoms with Gasteiger partial charge in [0.2, 0.25) is 0 Å². The highest BCUT2D eigenvalue weighted by molar-refractivity contribution is 7.24. The van der Waals surface area contributed by atoms with Crippen LogP contribution in [0.2, 0.25) is 0 Å². The van der Waals surface area contributed by atoms with Crippen LogP contribution in [0.15, 0.2) is 97.1 Å². The van der Waals surface area contributed by atoms with Crippen LogP contribution in [0.25, 0.3) is 54.9 Å². The van der Waals surface area contributed by atoms with Crippen molar-refractivity contribution >= 4 is 58.3 Å². The Bertz CT molecular complexity index is 2200. The van der Waals surface area contributed by atoms with Gasteiger partial charge in [-0.2, -0.15) is 0 Å². The lowest BCUT2D eigenvalue weighted by Crippen LogP contribution is -2.06. The minimum absolute atomic E-state index is 0.659. The molecule has 0 radical (unpaired) electrons. The van der Waals surface area contributed by atoms with Crippen LogP contribution in [0, 0.1) is 0 Å². The average molecular weight is 873 g/mol. The molecule has 0 aliphatic heterocycles. The molecule has 0 aliphatic rings. The van der Waals surface area contributed by atoms with Gasteiger partial charge in [-0.15, -0.1) is 34.0 Å². The molecular formula is C54H64O4S3. The Morgan fingerprint density at radius 2 is 0.770 bits per heavy atom. The van der Waals surface area contributed by atoms with Crippen molar-refractivity contribution in [3.63, 3.8) is 0 Å². The molecule has 6 rings (SSSR count). The quantitative estimate of drug-likeness (QED) is 0.0382. The lowest BCUT2D eigenvalue weighted by Gasteiger charge is -2.05. The second-order valence-corrected chi connectivity index (χ2v) is 18.5. The smallest absolute Gasteiger partial charge is 0.0700 e. The maximum Gasteiger partial charge on any atom is 0.0700 e. The minimum atomic E-state index is 0.659. The van der Waals surface area contributed by atoms with Gasteiger partial charge < -0.3 is 18.9 Å². The topological polar surface area (TPSA) is 36.9 Å². The monoisotopic (exact) mass is 872 g/mol. The van der Waals surface area contributed by atoms with E-state index < -0.39 is 0 Å². The predicted molar refractivity (Wildman–Crippen MR) is 266 cm³/mol. The van der Waals surface area contributed by atoms with E-state index >= 15 is 0 Å². The average Bonchev–Trinajstić information content (AvgIpc) is 4.06. The Labute approximate surface area is 377 Å². The van der Waals surface area contributed by atoms with Crippen LogP contribution in [0.4, 0.5) is 0 Å². The van der Waals surface area contributed by atoms with Gasteiger partial charge in [-0.05, 0) is 108 Å². The second kappa shape index (κ2) is 25.9. The fourth-order valence-electron chi connectivity index (χ4n) is 7.08. The van der Waals surface area contributed by atoms with Crippen LogP contribution < -0.4 is 0 Å². The normalized spacial score (nSPS) is 11.8. The first-order valence-corrected chi connectivity index (χ1v) is 24.8. The second-order valence-electron chi connectivity index (χ2n) is 15.2. The molecule has 3 aromatic heterocycles. The minimum Gasteiger partial charge on any atom is -0.379 e. The highest BCUT2D eigenvalue weighted by Crippen LogP contribution is 2.40. The van der Waals surface area contributed by atoms with E-state index in [4.69, 9.17) is 18.9 Å². The molecule has 322 valence electrons. The van der Waals surface area contributed by atoms with Crippen molar-refractivity contribution in [1.29, 1.82) is 0 Å². The van der Waals surface area contributed by atoms with Crippen molar-refractivity contribution in [2.45, 2.75) is 79.1 Å². The van der Waals surface area contributed by atoms with Crippen LogP contribution in [-0.4, -0.2) is 52.9 Å². The Morgan fingerprint density at radius 3 is 1.23 bits per heavy atom. The zero-order chi connectivity index (χ0) is 42.5. The van der Waals surface area contributed by atoms with Crippen molar-refractivity contribution in [1.82, 2.24) is 0 Å². The lowest BCUT2D eigenvalue weighted by atomic mass is 10.0. The molecule has 0 saturated carbocycles. The summed E-state index contributed by atoms with van der Waals surface area (Å²) < 4.78 is 22.5. The third-order valence-corrected chi connectivity index (χ3v) is 14.5. The van der Waals surface area contributed by atoms with E-state index in [0.717, 1.165) is 52.1 Å². The van der Waals surface area contributed by atoms with E-state index in [1.807, 2.05) is 47.9 Å². The molecule has 0 spiro atoms. The summed E-state index contributed by atoms with van der Waals surface area (Å²) in [5.74, 6) is 0. The highest BCUT2D eigenvalue weighted by Gasteiger charge is 2.14. The van der Waals surface area contributed by atoms with Crippen molar-refractivity contribution < 1.29 is 18.9 Å². The van der Waals surface area contributed by atoms with Crippen LogP contribution >= 0.6 is 34.0 Å². The maximum atomic E-state index is 5.86. The molecule has 0 aliphatic carbocycles. The summed E-state index contributed by atoms with van der Waals surface area (Å²) in [7, 11) is 0. The molecule has 0 unspecified atom stereocenters. The first-order chi connectivity index (χ1) is 30.1. The van der Waals surface area contributed by atoms with E-state index in [-0.39, 0.29) is 0 Å². The first-order valence-electron chi connectivity index (χ1n) is 22.4. The van der Waals surface area contributed by atoms with E-state index in [1.165, 1.54) is 99.5 Å². The summed E-state index contributed by atoms with van der Waals surface area (Å²) in [6.45, 7) is 14.2. The molecule has 0 fully saturated rings. The summed E-state index contributed by atoms with van der Waals surface area (Å²) in [5, 5.41) is 0. The van der Waals surface area contributed by atoms with Gasteiger partial charge in [-0.1, -0.05) is 124 Å². The number of benzene rings is 3. The molecule has 3 aromatic carbocycles. The molecular weight excluding hydrogens is 809 g/mol. The van der Waals surface area contributed by atoms with Crippen molar-refractivity contribution in [3.05, 3.63) is 140 Å². The first kappa shape index (κ1) is 46.6. The number of unbranched alkanes of at least 4 members (excludes halogenated alkanes) is 2. The van der Waals surface area contributed by atoms with Gasteiger partial charge in [0.1, 0.15) is 0 Å². The van der Waals surface area contributed by atoms with Gasteiger partial charge in [0.15, 0.2) is 0 Å².